The van der Waals surface area contributed by atoms with Crippen LogP contribution >= 0.6 is 12.6 Å². The van der Waals surface area contributed by atoms with Gasteiger partial charge in [-0.25, -0.2) is 0 Å². The van der Waals surface area contributed by atoms with Gasteiger partial charge in [0.1, 0.15) is 5.75 Å². The second kappa shape index (κ2) is 4.77. The maximum atomic E-state index is 10.9. The summed E-state index contributed by atoms with van der Waals surface area (Å²) >= 11 is 3.85. The van der Waals surface area contributed by atoms with Crippen molar-refractivity contribution in [1.82, 2.24) is 0 Å². The number of benzene rings is 1. The van der Waals surface area contributed by atoms with Gasteiger partial charge in [-0.05, 0) is 24.3 Å². The molecule has 0 radical (unpaired) electrons. The summed E-state index contributed by atoms with van der Waals surface area (Å²) < 4.78 is 4.97. The van der Waals surface area contributed by atoms with Gasteiger partial charge >= 0.3 is 0 Å². The average Bonchev–Trinajstić information content (AvgIpc) is 2.19. The molecule has 1 aromatic carbocycles. The van der Waals surface area contributed by atoms with E-state index in [1.807, 2.05) is 0 Å². The number of ether oxygens (including phenoxy) is 1. The van der Waals surface area contributed by atoms with Crippen LogP contribution in [0.5, 0.6) is 5.75 Å². The van der Waals surface area contributed by atoms with E-state index in [4.69, 9.17) is 4.74 Å². The third kappa shape index (κ3) is 2.99. The standard InChI is InChI=1S/C9H11NO2S/c1-12-8-4-2-7(3-5-8)10-9(11)6-13/h2-5,13H,6H2,1H3,(H,10,11). The van der Waals surface area contributed by atoms with Crippen molar-refractivity contribution < 1.29 is 9.53 Å². The summed E-state index contributed by atoms with van der Waals surface area (Å²) in [6.07, 6.45) is 0. The summed E-state index contributed by atoms with van der Waals surface area (Å²) in [5.41, 5.74) is 0.750. The number of thiol groups is 1. The van der Waals surface area contributed by atoms with Crippen molar-refractivity contribution in [2.75, 3.05) is 18.2 Å². The first kappa shape index (κ1) is 9.92. The lowest BCUT2D eigenvalue weighted by atomic mass is 10.3. The topological polar surface area (TPSA) is 38.3 Å². The van der Waals surface area contributed by atoms with Gasteiger partial charge in [-0.1, -0.05) is 0 Å². The molecule has 0 fully saturated rings. The van der Waals surface area contributed by atoms with Crippen molar-refractivity contribution >= 4 is 24.2 Å². The molecule has 0 bridgehead atoms. The fraction of sp³-hybridized carbons (Fsp3) is 0.222. The molecule has 1 aromatic rings. The van der Waals surface area contributed by atoms with Gasteiger partial charge in [-0.15, -0.1) is 0 Å². The largest absolute Gasteiger partial charge is 0.497 e. The van der Waals surface area contributed by atoms with Crippen molar-refractivity contribution in [2.45, 2.75) is 0 Å². The maximum Gasteiger partial charge on any atom is 0.234 e. The molecule has 70 valence electrons. The van der Waals surface area contributed by atoms with E-state index in [9.17, 15) is 4.79 Å². The first-order valence-corrected chi connectivity index (χ1v) is 4.44. The van der Waals surface area contributed by atoms with E-state index >= 15 is 0 Å². The Morgan fingerprint density at radius 3 is 2.54 bits per heavy atom. The zero-order valence-electron chi connectivity index (χ0n) is 7.28. The highest BCUT2D eigenvalue weighted by Gasteiger charge is 1.98. The molecule has 0 aromatic heterocycles. The lowest BCUT2D eigenvalue weighted by molar-refractivity contribution is -0.113. The summed E-state index contributed by atoms with van der Waals surface area (Å²) in [5, 5.41) is 2.67. The van der Waals surface area contributed by atoms with E-state index in [0.29, 0.717) is 0 Å². The van der Waals surface area contributed by atoms with Crippen LogP contribution in [0, 0.1) is 0 Å². The molecule has 0 spiro atoms. The van der Waals surface area contributed by atoms with Crippen LogP contribution in [0.25, 0.3) is 0 Å². The minimum Gasteiger partial charge on any atom is -0.497 e. The number of hydrogen-bond acceptors (Lipinski definition) is 3. The van der Waals surface area contributed by atoms with Crippen LogP contribution in [0.3, 0.4) is 0 Å². The lowest BCUT2D eigenvalue weighted by Gasteiger charge is -2.03. The zero-order chi connectivity index (χ0) is 9.68. The van der Waals surface area contributed by atoms with E-state index < -0.39 is 0 Å². The van der Waals surface area contributed by atoms with Gasteiger partial charge < -0.3 is 10.1 Å². The average molecular weight is 197 g/mol. The molecule has 1 amide bonds. The van der Waals surface area contributed by atoms with Crippen molar-refractivity contribution in [1.29, 1.82) is 0 Å². The lowest BCUT2D eigenvalue weighted by Crippen LogP contribution is -2.12. The Morgan fingerprint density at radius 1 is 1.46 bits per heavy atom. The summed E-state index contributed by atoms with van der Waals surface area (Å²) in [7, 11) is 1.60. The van der Waals surface area contributed by atoms with E-state index in [0.717, 1.165) is 11.4 Å². The highest BCUT2D eigenvalue weighted by atomic mass is 32.1. The third-order valence-electron chi connectivity index (χ3n) is 1.52. The smallest absolute Gasteiger partial charge is 0.234 e. The van der Waals surface area contributed by atoms with E-state index in [1.165, 1.54) is 0 Å². The van der Waals surface area contributed by atoms with Crippen LogP contribution in [0.15, 0.2) is 24.3 Å². The number of anilines is 1. The highest BCUT2D eigenvalue weighted by Crippen LogP contribution is 2.14. The normalized spacial score (nSPS) is 9.38. The van der Waals surface area contributed by atoms with Gasteiger partial charge in [0, 0.05) is 5.69 Å². The number of carbonyl (C=O) groups excluding carboxylic acids is 1. The van der Waals surface area contributed by atoms with Gasteiger partial charge in [-0.2, -0.15) is 12.6 Å². The Kier molecular flexibility index (Phi) is 3.64. The molecule has 4 heteroatoms. The predicted molar refractivity (Wildman–Crippen MR) is 55.5 cm³/mol. The monoisotopic (exact) mass is 197 g/mol. The quantitative estimate of drug-likeness (QED) is 0.722. The minimum atomic E-state index is -0.117. The van der Waals surface area contributed by atoms with Gasteiger partial charge in [0.05, 0.1) is 12.9 Å². The first-order chi connectivity index (χ1) is 6.26. The van der Waals surface area contributed by atoms with Crippen molar-refractivity contribution in [3.05, 3.63) is 24.3 Å². The number of rotatable bonds is 3. The Balaban J connectivity index is 2.64. The number of methoxy groups -OCH3 is 1. The number of nitrogens with one attached hydrogen (secondary N) is 1. The Bertz CT molecular complexity index is 284. The third-order valence-corrected chi connectivity index (χ3v) is 1.80. The summed E-state index contributed by atoms with van der Waals surface area (Å²) in [4.78, 5) is 10.9. The molecule has 0 aliphatic heterocycles. The van der Waals surface area contributed by atoms with Crippen LogP contribution in [0.4, 0.5) is 5.69 Å². The second-order valence-corrected chi connectivity index (χ2v) is 2.75. The minimum absolute atomic E-state index is 0.117. The van der Waals surface area contributed by atoms with Crippen LogP contribution in [0.1, 0.15) is 0 Å². The molecule has 3 nitrogen and oxygen atoms in total. The molecular formula is C9H11NO2S. The van der Waals surface area contributed by atoms with Crippen LogP contribution in [0.2, 0.25) is 0 Å². The molecule has 13 heavy (non-hydrogen) atoms. The van der Waals surface area contributed by atoms with Crippen molar-refractivity contribution in [2.24, 2.45) is 0 Å². The van der Waals surface area contributed by atoms with Gasteiger partial charge in [0.25, 0.3) is 0 Å². The van der Waals surface area contributed by atoms with E-state index in [2.05, 4.69) is 17.9 Å². The van der Waals surface area contributed by atoms with Crippen molar-refractivity contribution in [3.63, 3.8) is 0 Å². The van der Waals surface area contributed by atoms with Crippen molar-refractivity contribution in [3.8, 4) is 5.75 Å². The molecule has 0 atom stereocenters. The molecule has 1 N–H and O–H groups in total. The van der Waals surface area contributed by atoms with Gasteiger partial charge in [0.15, 0.2) is 0 Å². The maximum absolute atomic E-state index is 10.9. The number of hydrogen-bond donors (Lipinski definition) is 2. The molecule has 0 unspecified atom stereocenters. The van der Waals surface area contributed by atoms with Gasteiger partial charge in [-0.3, -0.25) is 4.79 Å². The number of carbonyl (C=O) groups is 1. The summed E-state index contributed by atoms with van der Waals surface area (Å²) in [5.74, 6) is 0.837. The fourth-order valence-electron chi connectivity index (χ4n) is 0.875. The molecular weight excluding hydrogens is 186 g/mol. The Labute approximate surface area is 82.5 Å². The molecule has 0 heterocycles. The Morgan fingerprint density at radius 2 is 2.08 bits per heavy atom. The Hall–Kier alpha value is -1.16. The summed E-state index contributed by atoms with van der Waals surface area (Å²) in [6.45, 7) is 0. The second-order valence-electron chi connectivity index (χ2n) is 2.43. The molecule has 1 rings (SSSR count). The molecule has 0 aliphatic carbocycles. The first-order valence-electron chi connectivity index (χ1n) is 3.81. The van der Waals surface area contributed by atoms with Crippen LogP contribution in [-0.2, 0) is 4.79 Å². The van der Waals surface area contributed by atoms with Crippen LogP contribution in [-0.4, -0.2) is 18.8 Å². The van der Waals surface area contributed by atoms with E-state index in [-0.39, 0.29) is 11.7 Å². The van der Waals surface area contributed by atoms with Gasteiger partial charge in [0.2, 0.25) is 5.91 Å². The SMILES string of the molecule is COc1ccc(NC(=O)CS)cc1. The molecule has 0 aliphatic rings. The predicted octanol–water partition coefficient (Wildman–Crippen LogP) is 1.56. The van der Waals surface area contributed by atoms with Crippen LogP contribution < -0.4 is 10.1 Å². The molecule has 0 saturated carbocycles. The fourth-order valence-corrected chi connectivity index (χ4v) is 0.954. The summed E-state index contributed by atoms with van der Waals surface area (Å²) in [6, 6.07) is 7.13. The number of amides is 1. The molecule has 0 saturated heterocycles. The van der Waals surface area contributed by atoms with E-state index in [1.54, 1.807) is 31.4 Å². The zero-order valence-corrected chi connectivity index (χ0v) is 8.17. The highest BCUT2D eigenvalue weighted by molar-refractivity contribution is 7.81.